The van der Waals surface area contributed by atoms with Crippen molar-refractivity contribution in [3.63, 3.8) is 0 Å². The molecule has 3 rings (SSSR count). The molecular weight excluding hydrogens is 396 g/mol. The van der Waals surface area contributed by atoms with Crippen LogP contribution in [-0.2, 0) is 6.54 Å². The molecule has 0 unspecified atom stereocenters. The Morgan fingerprint density at radius 1 is 1.14 bits per heavy atom. The zero-order valence-corrected chi connectivity index (χ0v) is 16.7. The predicted octanol–water partition coefficient (Wildman–Crippen LogP) is 5.81. The van der Waals surface area contributed by atoms with Gasteiger partial charge in [0.15, 0.2) is 5.82 Å². The summed E-state index contributed by atoms with van der Waals surface area (Å²) in [5.41, 5.74) is 2.18. The van der Waals surface area contributed by atoms with Gasteiger partial charge in [-0.2, -0.15) is 0 Å². The van der Waals surface area contributed by atoms with Gasteiger partial charge in [0.25, 0.3) is 5.91 Å². The first-order chi connectivity index (χ1) is 13.8. The third-order valence-corrected chi connectivity index (χ3v) is 4.68. The number of carbonyl (C=O) groups is 1. The van der Waals surface area contributed by atoms with E-state index in [1.807, 2.05) is 13.8 Å². The van der Waals surface area contributed by atoms with E-state index in [4.69, 9.17) is 11.6 Å². The van der Waals surface area contributed by atoms with Gasteiger partial charge in [0.1, 0.15) is 11.6 Å². The third-order valence-electron chi connectivity index (χ3n) is 4.38. The van der Waals surface area contributed by atoms with Crippen molar-refractivity contribution in [1.29, 1.82) is 0 Å². The van der Waals surface area contributed by atoms with Crippen molar-refractivity contribution in [2.45, 2.75) is 26.3 Å². The molecule has 0 bridgehead atoms. The summed E-state index contributed by atoms with van der Waals surface area (Å²) in [5.74, 6) is -0.737. The molecule has 29 heavy (non-hydrogen) atoms. The lowest BCUT2D eigenvalue weighted by atomic mass is 9.98. The summed E-state index contributed by atoms with van der Waals surface area (Å²) in [5, 5.41) is 5.73. The van der Waals surface area contributed by atoms with Crippen LogP contribution in [0.3, 0.4) is 0 Å². The summed E-state index contributed by atoms with van der Waals surface area (Å²) >= 11 is 5.81. The Bertz CT molecular complexity index is 1020. The normalized spacial score (nSPS) is 10.8. The molecule has 2 aromatic carbocycles. The summed E-state index contributed by atoms with van der Waals surface area (Å²) < 4.78 is 27.1. The van der Waals surface area contributed by atoms with Crippen molar-refractivity contribution in [2.75, 3.05) is 5.32 Å². The van der Waals surface area contributed by atoms with Crippen LogP contribution in [0.1, 0.15) is 41.3 Å². The molecule has 0 radical (unpaired) electrons. The zero-order valence-electron chi connectivity index (χ0n) is 16.0. The van der Waals surface area contributed by atoms with Gasteiger partial charge in [-0.25, -0.2) is 13.8 Å². The first-order valence-electron chi connectivity index (χ1n) is 9.08. The maximum Gasteiger partial charge on any atom is 0.253 e. The smallest absolute Gasteiger partial charge is 0.253 e. The molecule has 2 N–H and O–H groups in total. The number of anilines is 2. The van der Waals surface area contributed by atoms with E-state index in [-0.39, 0.29) is 34.9 Å². The van der Waals surface area contributed by atoms with Gasteiger partial charge < -0.3 is 10.6 Å². The van der Waals surface area contributed by atoms with Crippen molar-refractivity contribution in [2.24, 2.45) is 0 Å². The number of benzene rings is 2. The number of pyridine rings is 1. The Labute approximate surface area is 172 Å². The van der Waals surface area contributed by atoms with Gasteiger partial charge in [-0.1, -0.05) is 43.6 Å². The number of hydrogen-bond donors (Lipinski definition) is 2. The predicted molar refractivity (Wildman–Crippen MR) is 111 cm³/mol. The molecule has 0 atom stereocenters. The summed E-state index contributed by atoms with van der Waals surface area (Å²) in [6.07, 6.45) is 1.46. The van der Waals surface area contributed by atoms with Crippen LogP contribution in [-0.4, -0.2) is 10.9 Å². The quantitative estimate of drug-likeness (QED) is 0.534. The van der Waals surface area contributed by atoms with E-state index < -0.39 is 5.82 Å². The molecule has 4 nitrogen and oxygen atoms in total. The standard InChI is InChI=1S/C22H20ClF2N3O/c1-13(2)16-10-20(28-19-5-3-4-18(23)21(19)25)26-12-17(16)22(29)27-11-14-6-8-15(24)9-7-14/h3-10,12-13H,11H2,1-2H3,(H,26,28)(H,27,29). The lowest BCUT2D eigenvalue weighted by Gasteiger charge is -2.15. The molecule has 7 heteroatoms. The molecule has 0 saturated carbocycles. The minimum absolute atomic E-state index is 0.0101. The topological polar surface area (TPSA) is 54.0 Å². The van der Waals surface area contributed by atoms with Gasteiger partial charge in [-0.05, 0) is 47.4 Å². The van der Waals surface area contributed by atoms with Gasteiger partial charge >= 0.3 is 0 Å². The maximum absolute atomic E-state index is 14.1. The lowest BCUT2D eigenvalue weighted by molar-refractivity contribution is 0.0949. The highest BCUT2D eigenvalue weighted by Gasteiger charge is 2.16. The number of hydrogen-bond acceptors (Lipinski definition) is 3. The molecule has 0 fully saturated rings. The van der Waals surface area contributed by atoms with Gasteiger partial charge in [0.2, 0.25) is 0 Å². The Hall–Kier alpha value is -2.99. The van der Waals surface area contributed by atoms with Gasteiger partial charge in [0.05, 0.1) is 16.3 Å². The average Bonchev–Trinajstić information content (AvgIpc) is 2.70. The van der Waals surface area contributed by atoms with E-state index in [9.17, 15) is 13.6 Å². The minimum atomic E-state index is -0.566. The van der Waals surface area contributed by atoms with Crippen LogP contribution in [0.5, 0.6) is 0 Å². The van der Waals surface area contributed by atoms with E-state index >= 15 is 0 Å². The molecule has 150 valence electrons. The summed E-state index contributed by atoms with van der Waals surface area (Å²) in [7, 11) is 0. The molecule has 0 saturated heterocycles. The van der Waals surface area contributed by atoms with E-state index in [0.29, 0.717) is 11.4 Å². The molecule has 0 aliphatic carbocycles. The van der Waals surface area contributed by atoms with Crippen LogP contribution in [0.25, 0.3) is 0 Å². The van der Waals surface area contributed by atoms with E-state index in [0.717, 1.165) is 11.1 Å². The lowest BCUT2D eigenvalue weighted by Crippen LogP contribution is -2.24. The van der Waals surface area contributed by atoms with E-state index in [1.54, 1.807) is 30.3 Å². The number of rotatable bonds is 6. The Morgan fingerprint density at radius 2 is 1.86 bits per heavy atom. The largest absolute Gasteiger partial charge is 0.348 e. The van der Waals surface area contributed by atoms with Crippen LogP contribution in [0.2, 0.25) is 5.02 Å². The van der Waals surface area contributed by atoms with Crippen LogP contribution >= 0.6 is 11.6 Å². The second kappa shape index (κ2) is 9.01. The molecule has 3 aromatic rings. The first kappa shape index (κ1) is 20.7. The second-order valence-corrected chi connectivity index (χ2v) is 7.25. The highest BCUT2D eigenvalue weighted by atomic mass is 35.5. The van der Waals surface area contributed by atoms with Crippen molar-refractivity contribution in [3.05, 3.63) is 88.1 Å². The molecule has 0 aliphatic rings. The van der Waals surface area contributed by atoms with Gasteiger partial charge in [0, 0.05) is 12.7 Å². The Balaban J connectivity index is 1.79. The third kappa shape index (κ3) is 5.09. The maximum atomic E-state index is 14.1. The SMILES string of the molecule is CC(C)c1cc(Nc2cccc(Cl)c2F)ncc1C(=O)NCc1ccc(F)cc1. The molecule has 0 aliphatic heterocycles. The fourth-order valence-corrected chi connectivity index (χ4v) is 3.00. The first-order valence-corrected chi connectivity index (χ1v) is 9.46. The number of carbonyl (C=O) groups excluding carboxylic acids is 1. The van der Waals surface area contributed by atoms with E-state index in [2.05, 4.69) is 15.6 Å². The van der Waals surface area contributed by atoms with Crippen LogP contribution < -0.4 is 10.6 Å². The van der Waals surface area contributed by atoms with Crippen LogP contribution in [0.4, 0.5) is 20.3 Å². The summed E-state index contributed by atoms with van der Waals surface area (Å²) in [6.45, 7) is 4.18. The molecular formula is C22H20ClF2N3O. The van der Waals surface area contributed by atoms with Crippen molar-refractivity contribution in [1.82, 2.24) is 10.3 Å². The van der Waals surface area contributed by atoms with Crippen LogP contribution in [0.15, 0.2) is 54.7 Å². The fraction of sp³-hybridized carbons (Fsp3) is 0.182. The molecule has 0 spiro atoms. The van der Waals surface area contributed by atoms with Gasteiger partial charge in [-0.15, -0.1) is 0 Å². The number of nitrogens with zero attached hydrogens (tertiary/aromatic N) is 1. The van der Waals surface area contributed by atoms with Gasteiger partial charge in [-0.3, -0.25) is 4.79 Å². The summed E-state index contributed by atoms with van der Waals surface area (Å²) in [6, 6.07) is 12.3. The minimum Gasteiger partial charge on any atom is -0.348 e. The highest BCUT2D eigenvalue weighted by molar-refractivity contribution is 6.31. The monoisotopic (exact) mass is 415 g/mol. The zero-order chi connectivity index (χ0) is 21.0. The number of halogens is 3. The highest BCUT2D eigenvalue weighted by Crippen LogP contribution is 2.27. The average molecular weight is 416 g/mol. The summed E-state index contributed by atoms with van der Waals surface area (Å²) in [4.78, 5) is 16.9. The van der Waals surface area contributed by atoms with Crippen molar-refractivity contribution < 1.29 is 13.6 Å². The number of nitrogens with one attached hydrogen (secondary N) is 2. The van der Waals surface area contributed by atoms with Crippen molar-refractivity contribution >= 4 is 29.0 Å². The van der Waals surface area contributed by atoms with E-state index in [1.165, 1.54) is 24.4 Å². The number of amides is 1. The van der Waals surface area contributed by atoms with Crippen LogP contribution in [0, 0.1) is 11.6 Å². The van der Waals surface area contributed by atoms with Crippen molar-refractivity contribution in [3.8, 4) is 0 Å². The second-order valence-electron chi connectivity index (χ2n) is 6.85. The molecule has 1 amide bonds. The molecule has 1 heterocycles. The fourth-order valence-electron chi connectivity index (χ4n) is 2.82. The number of aromatic nitrogens is 1. The molecule has 1 aromatic heterocycles. The Morgan fingerprint density at radius 3 is 2.55 bits per heavy atom. The Kier molecular flexibility index (Phi) is 6.44.